The van der Waals surface area contributed by atoms with Crippen molar-refractivity contribution < 1.29 is 28.6 Å². The number of aryl methyl sites for hydroxylation is 1. The van der Waals surface area contributed by atoms with Gasteiger partial charge in [0.05, 0.1) is 0 Å². The first-order chi connectivity index (χ1) is 18.6. The summed E-state index contributed by atoms with van der Waals surface area (Å²) in [5.41, 5.74) is 4.93. The molecule has 0 saturated heterocycles. The number of para-hydroxylation sites is 1. The molecule has 0 bridgehead atoms. The Kier molecular flexibility index (Phi) is 7.21. The molecule has 0 aliphatic heterocycles. The Morgan fingerprint density at radius 3 is 2.05 bits per heavy atom. The first kappa shape index (κ1) is 23.1. The summed E-state index contributed by atoms with van der Waals surface area (Å²) in [6, 6.07) is 33.2. The third kappa shape index (κ3) is 6.10. The van der Waals surface area contributed by atoms with Crippen molar-refractivity contribution in [3.63, 3.8) is 0 Å². The molecule has 0 fully saturated rings. The Hall–Kier alpha value is -3.05. The first-order valence-corrected chi connectivity index (χ1v) is 19.2. The molecule has 3 heterocycles. The normalized spacial score (nSPS) is 12.6. The van der Waals surface area contributed by atoms with Crippen molar-refractivity contribution >= 4 is 39.6 Å². The first-order valence-electron chi connectivity index (χ1n) is 13.3. The van der Waals surface area contributed by atoms with Gasteiger partial charge in [0.15, 0.2) is 0 Å². The second kappa shape index (κ2) is 11.6. The Balaban J connectivity index is 0.000000192. The molecule has 1 radical (unpaired) electrons. The quantitative estimate of drug-likeness (QED) is 0.138. The van der Waals surface area contributed by atoms with Crippen LogP contribution in [0.4, 0.5) is 0 Å². The molecule has 0 saturated carbocycles. The van der Waals surface area contributed by atoms with Crippen LogP contribution in [0.2, 0.25) is 17.3 Å². The van der Waals surface area contributed by atoms with Gasteiger partial charge in [-0.25, -0.2) is 0 Å². The molecule has 0 N–H and O–H groups in total. The van der Waals surface area contributed by atoms with E-state index >= 15 is 0 Å². The fraction of sp³-hybridized carbons (Fsp3) is 0.125. The summed E-state index contributed by atoms with van der Waals surface area (Å²) >= 11 is -1.72. The molecule has 37 heavy (non-hydrogen) atoms. The summed E-state index contributed by atoms with van der Waals surface area (Å²) in [7, 11) is 0. The number of furan rings is 1. The van der Waals surface area contributed by atoms with Gasteiger partial charge in [-0.2, -0.15) is 0 Å². The minimum absolute atomic E-state index is 0. The second-order valence-electron chi connectivity index (χ2n) is 9.58. The van der Waals surface area contributed by atoms with Crippen LogP contribution in [0, 0.1) is 19.0 Å². The topological polar surface area (TPSA) is 38.9 Å². The number of rotatable bonds is 3. The van der Waals surface area contributed by atoms with E-state index in [0.717, 1.165) is 33.3 Å². The number of pyridine rings is 2. The van der Waals surface area contributed by atoms with E-state index in [-0.39, 0.29) is 25.7 Å². The second-order valence-corrected chi connectivity index (χ2v) is 20.2. The molecule has 0 unspecified atom stereocenters. The third-order valence-corrected chi connectivity index (χ3v) is 10.2. The van der Waals surface area contributed by atoms with Crippen LogP contribution in [0.3, 0.4) is 0 Å². The smallest absolute Gasteiger partial charge is 0 e. The van der Waals surface area contributed by atoms with Crippen LogP contribution < -0.4 is 4.40 Å². The molecule has 3 aromatic carbocycles. The zero-order valence-corrected chi connectivity index (χ0v) is 25.4. The molecule has 5 heteroatoms. The van der Waals surface area contributed by atoms with Crippen LogP contribution in [0.25, 0.3) is 44.5 Å². The van der Waals surface area contributed by atoms with Gasteiger partial charge < -0.3 is 9.40 Å². The predicted molar refractivity (Wildman–Crippen MR) is 152 cm³/mol. The third-order valence-electron chi connectivity index (χ3n) is 5.98. The van der Waals surface area contributed by atoms with E-state index < -0.39 is 20.1 Å². The molecular weight excluding hydrogens is 693 g/mol. The summed E-state index contributed by atoms with van der Waals surface area (Å²) in [6.45, 7) is -2.21. The largest absolute Gasteiger partial charge is 0 e. The Morgan fingerprint density at radius 2 is 1.46 bits per heavy atom. The van der Waals surface area contributed by atoms with Gasteiger partial charge in [-0.05, 0) is 24.2 Å². The van der Waals surface area contributed by atoms with Gasteiger partial charge in [0.2, 0.25) is 0 Å². The van der Waals surface area contributed by atoms with Crippen molar-refractivity contribution in [1.82, 2.24) is 9.97 Å². The number of nitrogens with zero attached hydrogens (tertiary/aromatic N) is 2. The van der Waals surface area contributed by atoms with Gasteiger partial charge in [-0.3, -0.25) is 0 Å². The van der Waals surface area contributed by atoms with E-state index in [9.17, 15) is 0 Å². The predicted octanol–water partition coefficient (Wildman–Crippen LogP) is 7.85. The average molecular weight is 724 g/mol. The van der Waals surface area contributed by atoms with Crippen LogP contribution in [-0.4, -0.2) is 23.2 Å². The maximum Gasteiger partial charge on any atom is 0 e. The molecule has 6 rings (SSSR count). The van der Waals surface area contributed by atoms with Gasteiger partial charge in [0.1, 0.15) is 11.2 Å². The minimum atomic E-state index is -2.21. The van der Waals surface area contributed by atoms with Crippen molar-refractivity contribution in [2.45, 2.75) is 24.1 Å². The minimum Gasteiger partial charge on any atom is 0 e. The Labute approximate surface area is 238 Å². The molecule has 187 valence electrons. The molecule has 0 spiro atoms. The molecule has 0 aliphatic rings. The zero-order valence-electron chi connectivity index (χ0n) is 23.9. The van der Waals surface area contributed by atoms with E-state index in [1.54, 1.807) is 18.3 Å². The van der Waals surface area contributed by atoms with Crippen molar-refractivity contribution in [2.24, 2.45) is 0 Å². The maximum absolute atomic E-state index is 7.66. The maximum atomic E-state index is 7.66. The van der Waals surface area contributed by atoms with E-state index in [1.165, 1.54) is 4.40 Å². The summed E-state index contributed by atoms with van der Waals surface area (Å²) in [6.07, 6.45) is 3.76. The zero-order chi connectivity index (χ0) is 27.6. The number of benzene rings is 3. The fourth-order valence-corrected chi connectivity index (χ4v) is 6.11. The van der Waals surface area contributed by atoms with Gasteiger partial charge in [-0.15, -0.1) is 35.9 Å². The van der Waals surface area contributed by atoms with Crippen molar-refractivity contribution in [2.75, 3.05) is 0 Å². The van der Waals surface area contributed by atoms with Crippen LogP contribution in [0.1, 0.15) is 9.68 Å². The average Bonchev–Trinajstić information content (AvgIpc) is 3.31. The monoisotopic (exact) mass is 726 g/mol. The van der Waals surface area contributed by atoms with Gasteiger partial charge in [0, 0.05) is 41.2 Å². The molecule has 0 atom stereocenters. The van der Waals surface area contributed by atoms with E-state index in [2.05, 4.69) is 51.5 Å². The molecular formula is C32H28GeIrN2O-2. The number of fused-ring (bicyclic) bond motifs is 3. The van der Waals surface area contributed by atoms with Crippen molar-refractivity contribution in [3.8, 4) is 22.5 Å². The van der Waals surface area contributed by atoms with Gasteiger partial charge >= 0.3 is 99.8 Å². The molecule has 3 nitrogen and oxygen atoms in total. The van der Waals surface area contributed by atoms with E-state index in [4.69, 9.17) is 8.53 Å². The number of hydrogen-bond acceptors (Lipinski definition) is 3. The number of aromatic nitrogens is 2. The van der Waals surface area contributed by atoms with E-state index in [1.807, 2.05) is 66.9 Å². The van der Waals surface area contributed by atoms with E-state index in [0.29, 0.717) is 11.2 Å². The summed E-state index contributed by atoms with van der Waals surface area (Å²) < 4.78 is 30.3. The van der Waals surface area contributed by atoms with Crippen LogP contribution in [-0.2, 0) is 20.1 Å². The number of hydrogen-bond donors (Lipinski definition) is 0. The fourth-order valence-electron chi connectivity index (χ4n) is 3.94. The van der Waals surface area contributed by atoms with Gasteiger partial charge in [-0.1, -0.05) is 18.2 Å². The Bertz CT molecular complexity index is 1710. The molecule has 0 amide bonds. The Morgan fingerprint density at radius 1 is 0.757 bits per heavy atom. The molecule has 6 aromatic rings. The van der Waals surface area contributed by atoms with Gasteiger partial charge in [0.25, 0.3) is 0 Å². The van der Waals surface area contributed by atoms with Crippen LogP contribution in [0.15, 0.2) is 102 Å². The summed E-state index contributed by atoms with van der Waals surface area (Å²) in [5.74, 6) is 7.14. The van der Waals surface area contributed by atoms with Crippen LogP contribution in [0.5, 0.6) is 0 Å². The SMILES string of the molecule is [2H]C([2H])([2H])c1cccc2c1oc1cc(-c3[c-]cccc3)ncc12.[CH3][Ge]([CH3])([CH3])[c]1ccc(-c2[c-]cccc2)nc1.[Ir]. The standard InChI is InChI=1S/C18H12NO.C14H16GeN.Ir/c1-12-6-5-9-14-15-11-19-16(10-17(15)20-18(12)14)13-7-3-2-4-8-13;1-15(2,3)13-9-10-14(16-11-13)12-7-5-4-6-8-12;/h2-7,9-11H,1H3;4-7,9-11H,1-3H3;/q2*-1;/i1D3;;. The van der Waals surface area contributed by atoms with Crippen LogP contribution >= 0.6 is 0 Å². The molecule has 3 aromatic heterocycles. The van der Waals surface area contributed by atoms with Crippen molar-refractivity contribution in [1.29, 1.82) is 0 Å². The summed E-state index contributed by atoms with van der Waals surface area (Å²) in [4.78, 5) is 8.99. The molecule has 0 aliphatic carbocycles. The summed E-state index contributed by atoms with van der Waals surface area (Å²) in [5, 5.41) is 1.58. The van der Waals surface area contributed by atoms with Crippen molar-refractivity contribution in [3.05, 3.63) is 115 Å².